The van der Waals surface area contributed by atoms with Crippen molar-refractivity contribution in [3.8, 4) is 0 Å². The van der Waals surface area contributed by atoms with Crippen molar-refractivity contribution in [2.45, 2.75) is 26.8 Å². The SMILES string of the molecule is Cc1ccc2cccc(Nc3ncnc(NC(C)C)c3N)c2n1. The molecule has 118 valence electrons. The van der Waals surface area contributed by atoms with Crippen molar-refractivity contribution in [2.24, 2.45) is 0 Å². The Hall–Kier alpha value is -2.89. The van der Waals surface area contributed by atoms with Crippen LogP contribution in [0.15, 0.2) is 36.7 Å². The molecule has 3 aromatic rings. The van der Waals surface area contributed by atoms with Gasteiger partial charge in [0.05, 0.1) is 11.2 Å². The molecule has 0 atom stereocenters. The Labute approximate surface area is 135 Å². The van der Waals surface area contributed by atoms with E-state index in [9.17, 15) is 0 Å². The Morgan fingerprint density at radius 1 is 1.04 bits per heavy atom. The quantitative estimate of drug-likeness (QED) is 0.684. The van der Waals surface area contributed by atoms with E-state index in [-0.39, 0.29) is 6.04 Å². The van der Waals surface area contributed by atoms with Crippen LogP contribution in [0.5, 0.6) is 0 Å². The zero-order chi connectivity index (χ0) is 16.4. The Kier molecular flexibility index (Phi) is 3.97. The molecule has 4 N–H and O–H groups in total. The fraction of sp³-hybridized carbons (Fsp3) is 0.235. The van der Waals surface area contributed by atoms with Crippen molar-refractivity contribution in [3.05, 3.63) is 42.4 Å². The highest BCUT2D eigenvalue weighted by atomic mass is 15.1. The number of para-hydroxylation sites is 1. The molecule has 0 aliphatic rings. The van der Waals surface area contributed by atoms with Crippen LogP contribution in [0, 0.1) is 6.92 Å². The molecule has 0 aliphatic heterocycles. The van der Waals surface area contributed by atoms with Crippen molar-refractivity contribution < 1.29 is 0 Å². The lowest BCUT2D eigenvalue weighted by Gasteiger charge is -2.15. The van der Waals surface area contributed by atoms with Crippen LogP contribution in [0.25, 0.3) is 10.9 Å². The Morgan fingerprint density at radius 2 is 1.83 bits per heavy atom. The lowest BCUT2D eigenvalue weighted by atomic mass is 10.1. The molecule has 3 rings (SSSR count). The number of nitrogens with zero attached hydrogens (tertiary/aromatic N) is 3. The van der Waals surface area contributed by atoms with Gasteiger partial charge in [0.1, 0.15) is 12.0 Å². The summed E-state index contributed by atoms with van der Waals surface area (Å²) in [7, 11) is 0. The van der Waals surface area contributed by atoms with E-state index < -0.39 is 0 Å². The maximum absolute atomic E-state index is 6.18. The largest absolute Gasteiger partial charge is 0.393 e. The number of benzene rings is 1. The van der Waals surface area contributed by atoms with Crippen molar-refractivity contribution in [2.75, 3.05) is 16.4 Å². The number of nitrogen functional groups attached to an aromatic ring is 1. The average Bonchev–Trinajstić information content (AvgIpc) is 2.51. The molecule has 0 spiro atoms. The minimum atomic E-state index is 0.238. The molecule has 6 heteroatoms. The maximum Gasteiger partial charge on any atom is 0.159 e. The van der Waals surface area contributed by atoms with E-state index in [0.29, 0.717) is 17.3 Å². The van der Waals surface area contributed by atoms with Gasteiger partial charge in [-0.05, 0) is 32.9 Å². The van der Waals surface area contributed by atoms with Gasteiger partial charge < -0.3 is 16.4 Å². The Bertz CT molecular complexity index is 844. The van der Waals surface area contributed by atoms with Gasteiger partial charge in [0, 0.05) is 17.1 Å². The zero-order valence-corrected chi connectivity index (χ0v) is 13.5. The second kappa shape index (κ2) is 6.08. The third-order valence-corrected chi connectivity index (χ3v) is 3.42. The molecule has 0 amide bonds. The monoisotopic (exact) mass is 308 g/mol. The molecule has 2 aromatic heterocycles. The number of rotatable bonds is 4. The minimum Gasteiger partial charge on any atom is -0.393 e. The van der Waals surface area contributed by atoms with Gasteiger partial charge in [-0.2, -0.15) is 0 Å². The van der Waals surface area contributed by atoms with Crippen LogP contribution < -0.4 is 16.4 Å². The molecular weight excluding hydrogens is 288 g/mol. The van der Waals surface area contributed by atoms with Gasteiger partial charge >= 0.3 is 0 Å². The highest BCUT2D eigenvalue weighted by Crippen LogP contribution is 2.29. The van der Waals surface area contributed by atoms with E-state index in [1.807, 2.05) is 45.0 Å². The molecule has 0 bridgehead atoms. The van der Waals surface area contributed by atoms with Gasteiger partial charge in [0.25, 0.3) is 0 Å². The number of nitrogens with two attached hydrogens (primary N) is 1. The Balaban J connectivity index is 2.01. The second-order valence-corrected chi connectivity index (χ2v) is 5.74. The molecule has 23 heavy (non-hydrogen) atoms. The highest BCUT2D eigenvalue weighted by molar-refractivity contribution is 5.93. The topological polar surface area (TPSA) is 88.8 Å². The molecule has 0 aliphatic carbocycles. The molecule has 0 radical (unpaired) electrons. The summed E-state index contributed by atoms with van der Waals surface area (Å²) < 4.78 is 0. The molecule has 0 fully saturated rings. The number of aryl methyl sites for hydroxylation is 1. The number of fused-ring (bicyclic) bond motifs is 1. The minimum absolute atomic E-state index is 0.238. The second-order valence-electron chi connectivity index (χ2n) is 5.74. The summed E-state index contributed by atoms with van der Waals surface area (Å²) in [6.45, 7) is 6.04. The van der Waals surface area contributed by atoms with Crippen LogP contribution in [0.1, 0.15) is 19.5 Å². The first-order chi connectivity index (χ1) is 11.0. The van der Waals surface area contributed by atoms with Gasteiger partial charge in [-0.25, -0.2) is 9.97 Å². The van der Waals surface area contributed by atoms with Crippen molar-refractivity contribution in [3.63, 3.8) is 0 Å². The number of anilines is 4. The lowest BCUT2D eigenvalue weighted by Crippen LogP contribution is -2.14. The molecule has 0 saturated carbocycles. The summed E-state index contributed by atoms with van der Waals surface area (Å²) in [6, 6.07) is 10.3. The predicted molar refractivity (Wildman–Crippen MR) is 95.0 cm³/mol. The van der Waals surface area contributed by atoms with Crippen LogP contribution in [0.2, 0.25) is 0 Å². The van der Waals surface area contributed by atoms with E-state index in [1.165, 1.54) is 6.33 Å². The molecule has 0 saturated heterocycles. The Morgan fingerprint density at radius 3 is 2.61 bits per heavy atom. The predicted octanol–water partition coefficient (Wildman–Crippen LogP) is 3.48. The average molecular weight is 308 g/mol. The number of nitrogens with one attached hydrogen (secondary N) is 2. The summed E-state index contributed by atoms with van der Waals surface area (Å²) in [5.41, 5.74) is 9.40. The van der Waals surface area contributed by atoms with Gasteiger partial charge in [-0.3, -0.25) is 4.98 Å². The third-order valence-electron chi connectivity index (χ3n) is 3.42. The normalized spacial score (nSPS) is 11.0. The van der Waals surface area contributed by atoms with Crippen molar-refractivity contribution >= 4 is 33.9 Å². The van der Waals surface area contributed by atoms with E-state index >= 15 is 0 Å². The summed E-state index contributed by atoms with van der Waals surface area (Å²) in [5, 5.41) is 7.55. The molecule has 1 aromatic carbocycles. The summed E-state index contributed by atoms with van der Waals surface area (Å²) in [5.74, 6) is 1.20. The standard InChI is InChI=1S/C17H20N6/c1-10(2)21-16-14(18)17(20-9-19-16)23-13-6-4-5-12-8-7-11(3)22-15(12)13/h4-10H,18H2,1-3H3,(H2,19,20,21,23). The fourth-order valence-electron chi connectivity index (χ4n) is 2.36. The number of pyridine rings is 1. The molecule has 2 heterocycles. The van der Waals surface area contributed by atoms with Crippen LogP contribution >= 0.6 is 0 Å². The van der Waals surface area contributed by atoms with Gasteiger partial charge in [0.2, 0.25) is 0 Å². The molecular formula is C17H20N6. The van der Waals surface area contributed by atoms with Crippen LogP contribution in [-0.2, 0) is 0 Å². The highest BCUT2D eigenvalue weighted by Gasteiger charge is 2.11. The van der Waals surface area contributed by atoms with Crippen molar-refractivity contribution in [1.82, 2.24) is 15.0 Å². The van der Waals surface area contributed by atoms with E-state index in [2.05, 4.69) is 31.7 Å². The van der Waals surface area contributed by atoms with E-state index in [1.54, 1.807) is 0 Å². The van der Waals surface area contributed by atoms with Crippen LogP contribution in [-0.4, -0.2) is 21.0 Å². The lowest BCUT2D eigenvalue weighted by molar-refractivity contribution is 0.887. The smallest absolute Gasteiger partial charge is 0.159 e. The summed E-state index contributed by atoms with van der Waals surface area (Å²) >= 11 is 0. The number of hydrogen-bond donors (Lipinski definition) is 3. The zero-order valence-electron chi connectivity index (χ0n) is 13.5. The molecule has 0 unspecified atom stereocenters. The van der Waals surface area contributed by atoms with Gasteiger partial charge in [0.15, 0.2) is 11.6 Å². The van der Waals surface area contributed by atoms with Crippen LogP contribution in [0.3, 0.4) is 0 Å². The summed E-state index contributed by atoms with van der Waals surface area (Å²) in [6.07, 6.45) is 1.49. The van der Waals surface area contributed by atoms with Gasteiger partial charge in [-0.1, -0.05) is 18.2 Å². The first-order valence-electron chi connectivity index (χ1n) is 7.55. The first-order valence-corrected chi connectivity index (χ1v) is 7.55. The van der Waals surface area contributed by atoms with E-state index in [0.717, 1.165) is 22.3 Å². The first kappa shape index (κ1) is 15.0. The molecule has 6 nitrogen and oxygen atoms in total. The van der Waals surface area contributed by atoms with Gasteiger partial charge in [-0.15, -0.1) is 0 Å². The number of aromatic nitrogens is 3. The van der Waals surface area contributed by atoms with Crippen LogP contribution in [0.4, 0.5) is 23.0 Å². The van der Waals surface area contributed by atoms with E-state index in [4.69, 9.17) is 5.73 Å². The summed E-state index contributed by atoms with van der Waals surface area (Å²) in [4.78, 5) is 13.1. The third kappa shape index (κ3) is 3.15. The number of hydrogen-bond acceptors (Lipinski definition) is 6. The van der Waals surface area contributed by atoms with Crippen molar-refractivity contribution in [1.29, 1.82) is 0 Å². The maximum atomic E-state index is 6.18. The fourth-order valence-corrected chi connectivity index (χ4v) is 2.36.